The van der Waals surface area contributed by atoms with Gasteiger partial charge in [0.1, 0.15) is 6.04 Å². The molecular formula is C14H20Cl2N2O. The fraction of sp³-hybridized carbons (Fsp3) is 0.500. The third kappa shape index (κ3) is 5.70. The van der Waals surface area contributed by atoms with Crippen LogP contribution in [0.4, 0.5) is 5.69 Å². The highest BCUT2D eigenvalue weighted by atomic mass is 35.5. The number of rotatable bonds is 7. The standard InChI is InChI=1S/C14H20Cl2N2O/c1-3-4-5-8-17-14(19)10(2)18-13-9-11(15)6-7-12(13)16/h6-7,9-10,18H,3-5,8H2,1-2H3,(H,17,19). The van der Waals surface area contributed by atoms with E-state index in [2.05, 4.69) is 17.6 Å². The van der Waals surface area contributed by atoms with Gasteiger partial charge in [0.15, 0.2) is 0 Å². The average Bonchev–Trinajstić information content (AvgIpc) is 2.38. The van der Waals surface area contributed by atoms with Crippen LogP contribution >= 0.6 is 23.2 Å². The second kappa shape index (κ2) is 8.28. The van der Waals surface area contributed by atoms with Gasteiger partial charge < -0.3 is 10.6 Å². The van der Waals surface area contributed by atoms with Crippen LogP contribution in [0.3, 0.4) is 0 Å². The zero-order valence-corrected chi connectivity index (χ0v) is 12.8. The van der Waals surface area contributed by atoms with Crippen molar-refractivity contribution in [3.63, 3.8) is 0 Å². The number of benzene rings is 1. The number of nitrogens with one attached hydrogen (secondary N) is 2. The van der Waals surface area contributed by atoms with Gasteiger partial charge >= 0.3 is 0 Å². The van der Waals surface area contributed by atoms with E-state index in [1.807, 2.05) is 0 Å². The van der Waals surface area contributed by atoms with E-state index in [1.54, 1.807) is 25.1 Å². The molecule has 3 nitrogen and oxygen atoms in total. The van der Waals surface area contributed by atoms with Gasteiger partial charge in [-0.3, -0.25) is 4.79 Å². The number of anilines is 1. The highest BCUT2D eigenvalue weighted by Crippen LogP contribution is 2.25. The third-order valence-electron chi connectivity index (χ3n) is 2.77. The molecule has 106 valence electrons. The number of halogens is 2. The number of unbranched alkanes of at least 4 members (excludes halogenated alkanes) is 2. The second-order valence-electron chi connectivity index (χ2n) is 4.49. The smallest absolute Gasteiger partial charge is 0.242 e. The summed E-state index contributed by atoms with van der Waals surface area (Å²) in [5.41, 5.74) is 0.672. The quantitative estimate of drug-likeness (QED) is 0.745. The van der Waals surface area contributed by atoms with E-state index < -0.39 is 0 Å². The van der Waals surface area contributed by atoms with Crippen molar-refractivity contribution in [3.8, 4) is 0 Å². The Hall–Kier alpha value is -0.930. The van der Waals surface area contributed by atoms with Crippen LogP contribution in [0.2, 0.25) is 10.0 Å². The van der Waals surface area contributed by atoms with Gasteiger partial charge in [0, 0.05) is 11.6 Å². The minimum absolute atomic E-state index is 0.0351. The van der Waals surface area contributed by atoms with E-state index in [0.717, 1.165) is 19.3 Å². The minimum Gasteiger partial charge on any atom is -0.373 e. The maximum atomic E-state index is 11.9. The van der Waals surface area contributed by atoms with E-state index in [9.17, 15) is 4.79 Å². The van der Waals surface area contributed by atoms with Crippen molar-refractivity contribution in [1.82, 2.24) is 5.32 Å². The first kappa shape index (κ1) is 16.1. The first-order chi connectivity index (χ1) is 9.04. The van der Waals surface area contributed by atoms with Gasteiger partial charge in [-0.25, -0.2) is 0 Å². The first-order valence-electron chi connectivity index (χ1n) is 6.54. The van der Waals surface area contributed by atoms with Crippen LogP contribution in [0.1, 0.15) is 33.1 Å². The number of hydrogen-bond donors (Lipinski definition) is 2. The summed E-state index contributed by atoms with van der Waals surface area (Å²) in [5, 5.41) is 7.09. The van der Waals surface area contributed by atoms with E-state index >= 15 is 0 Å². The van der Waals surface area contributed by atoms with Crippen molar-refractivity contribution in [3.05, 3.63) is 28.2 Å². The zero-order chi connectivity index (χ0) is 14.3. The molecule has 0 fully saturated rings. The summed E-state index contributed by atoms with van der Waals surface area (Å²) in [6.45, 7) is 4.64. The molecule has 1 amide bonds. The third-order valence-corrected chi connectivity index (χ3v) is 3.34. The maximum Gasteiger partial charge on any atom is 0.242 e. The normalized spacial score (nSPS) is 12.0. The Kier molecular flexibility index (Phi) is 7.03. The van der Waals surface area contributed by atoms with Gasteiger partial charge in [0.05, 0.1) is 10.7 Å². The molecule has 0 saturated carbocycles. The predicted molar refractivity (Wildman–Crippen MR) is 82.1 cm³/mol. The van der Waals surface area contributed by atoms with Crippen molar-refractivity contribution in [1.29, 1.82) is 0 Å². The lowest BCUT2D eigenvalue weighted by Gasteiger charge is -2.16. The largest absolute Gasteiger partial charge is 0.373 e. The molecule has 0 heterocycles. The Morgan fingerprint density at radius 1 is 1.32 bits per heavy atom. The molecule has 0 saturated heterocycles. The van der Waals surface area contributed by atoms with E-state index in [4.69, 9.17) is 23.2 Å². The van der Waals surface area contributed by atoms with Crippen LogP contribution in [0.15, 0.2) is 18.2 Å². The van der Waals surface area contributed by atoms with Gasteiger partial charge in [-0.15, -0.1) is 0 Å². The highest BCUT2D eigenvalue weighted by molar-refractivity contribution is 6.35. The molecule has 1 aromatic rings. The van der Waals surface area contributed by atoms with Crippen molar-refractivity contribution in [2.24, 2.45) is 0 Å². The minimum atomic E-state index is -0.349. The Balaban J connectivity index is 2.47. The fourth-order valence-electron chi connectivity index (χ4n) is 1.65. The Morgan fingerprint density at radius 2 is 2.05 bits per heavy atom. The molecular weight excluding hydrogens is 283 g/mol. The number of amides is 1. The Bertz CT molecular complexity index is 424. The molecule has 1 atom stereocenters. The molecule has 0 aromatic heterocycles. The summed E-state index contributed by atoms with van der Waals surface area (Å²) in [6.07, 6.45) is 3.27. The molecule has 19 heavy (non-hydrogen) atoms. The molecule has 1 unspecified atom stereocenters. The van der Waals surface area contributed by atoms with E-state index in [0.29, 0.717) is 22.3 Å². The van der Waals surface area contributed by atoms with Gasteiger partial charge in [0.2, 0.25) is 5.91 Å². The fourth-order valence-corrected chi connectivity index (χ4v) is 1.99. The Morgan fingerprint density at radius 3 is 2.74 bits per heavy atom. The number of carbonyl (C=O) groups is 1. The van der Waals surface area contributed by atoms with Gasteiger partial charge in [-0.2, -0.15) is 0 Å². The van der Waals surface area contributed by atoms with E-state index in [1.165, 1.54) is 0 Å². The summed E-state index contributed by atoms with van der Waals surface area (Å²) >= 11 is 11.9. The van der Waals surface area contributed by atoms with Crippen molar-refractivity contribution in [2.75, 3.05) is 11.9 Å². The lowest BCUT2D eigenvalue weighted by atomic mass is 10.2. The van der Waals surface area contributed by atoms with Crippen molar-refractivity contribution in [2.45, 2.75) is 39.2 Å². The average molecular weight is 303 g/mol. The summed E-state index contributed by atoms with van der Waals surface area (Å²) in [4.78, 5) is 11.9. The molecule has 5 heteroatoms. The molecule has 2 N–H and O–H groups in total. The highest BCUT2D eigenvalue weighted by Gasteiger charge is 2.13. The molecule has 0 aliphatic carbocycles. The van der Waals surface area contributed by atoms with Gasteiger partial charge in [0.25, 0.3) is 0 Å². The van der Waals surface area contributed by atoms with Crippen molar-refractivity contribution < 1.29 is 4.79 Å². The monoisotopic (exact) mass is 302 g/mol. The summed E-state index contributed by atoms with van der Waals surface area (Å²) in [5.74, 6) is -0.0351. The molecule has 1 rings (SSSR count). The zero-order valence-electron chi connectivity index (χ0n) is 11.3. The van der Waals surface area contributed by atoms with Gasteiger partial charge in [-0.05, 0) is 31.5 Å². The summed E-state index contributed by atoms with van der Waals surface area (Å²) in [6, 6.07) is 4.78. The van der Waals surface area contributed by atoms with Crippen LogP contribution in [0, 0.1) is 0 Å². The molecule has 0 aliphatic heterocycles. The van der Waals surface area contributed by atoms with Gasteiger partial charge in [-0.1, -0.05) is 43.0 Å². The molecule has 0 spiro atoms. The van der Waals surface area contributed by atoms with Crippen molar-refractivity contribution >= 4 is 34.8 Å². The topological polar surface area (TPSA) is 41.1 Å². The summed E-state index contributed by atoms with van der Waals surface area (Å²) in [7, 11) is 0. The van der Waals surface area contributed by atoms with Crippen LogP contribution < -0.4 is 10.6 Å². The van der Waals surface area contributed by atoms with Crippen LogP contribution in [-0.2, 0) is 4.79 Å². The molecule has 0 aliphatic rings. The molecule has 1 aromatic carbocycles. The lowest BCUT2D eigenvalue weighted by molar-refractivity contribution is -0.121. The lowest BCUT2D eigenvalue weighted by Crippen LogP contribution is -2.38. The molecule has 0 radical (unpaired) electrons. The number of hydrogen-bond acceptors (Lipinski definition) is 2. The van der Waals surface area contributed by atoms with Crippen LogP contribution in [-0.4, -0.2) is 18.5 Å². The van der Waals surface area contributed by atoms with Crippen LogP contribution in [0.25, 0.3) is 0 Å². The summed E-state index contributed by atoms with van der Waals surface area (Å²) < 4.78 is 0. The van der Waals surface area contributed by atoms with E-state index in [-0.39, 0.29) is 11.9 Å². The predicted octanol–water partition coefficient (Wildman–Crippen LogP) is 4.10. The molecule has 0 bridgehead atoms. The first-order valence-corrected chi connectivity index (χ1v) is 7.29. The second-order valence-corrected chi connectivity index (χ2v) is 5.33. The number of carbonyl (C=O) groups excluding carboxylic acids is 1. The maximum absolute atomic E-state index is 11.9. The van der Waals surface area contributed by atoms with Crippen LogP contribution in [0.5, 0.6) is 0 Å². The SMILES string of the molecule is CCCCCNC(=O)C(C)Nc1cc(Cl)ccc1Cl. The Labute approximate surface area is 124 Å².